The van der Waals surface area contributed by atoms with Crippen molar-refractivity contribution in [3.63, 3.8) is 0 Å². The average molecular weight is 328 g/mol. The number of aliphatic hydroxyl groups is 1. The summed E-state index contributed by atoms with van der Waals surface area (Å²) in [5.74, 6) is -1.05. The first-order valence-electron chi connectivity index (χ1n) is 7.99. The lowest BCUT2D eigenvalue weighted by molar-refractivity contribution is 0.101. The Morgan fingerprint density at radius 1 is 1.00 bits per heavy atom. The molecule has 0 aliphatic heterocycles. The number of carbonyl (C=O) groups excluding carboxylic acids is 1. The van der Waals surface area contributed by atoms with Crippen LogP contribution in [0.4, 0.5) is 8.78 Å². The SMILES string of the molecule is O=C(C1=CC(C(O)c2ccc(F)cc2)CCC1)c1ccc(F)cc1. The van der Waals surface area contributed by atoms with E-state index in [1.54, 1.807) is 12.1 Å². The van der Waals surface area contributed by atoms with Crippen LogP contribution < -0.4 is 0 Å². The summed E-state index contributed by atoms with van der Waals surface area (Å²) in [4.78, 5) is 12.5. The predicted octanol–water partition coefficient (Wildman–Crippen LogP) is 4.61. The van der Waals surface area contributed by atoms with Crippen molar-refractivity contribution >= 4 is 5.78 Å². The van der Waals surface area contributed by atoms with Crippen LogP contribution in [-0.2, 0) is 0 Å². The molecule has 4 heteroatoms. The van der Waals surface area contributed by atoms with E-state index >= 15 is 0 Å². The van der Waals surface area contributed by atoms with Gasteiger partial charge in [0.15, 0.2) is 5.78 Å². The van der Waals surface area contributed by atoms with E-state index in [9.17, 15) is 18.7 Å². The molecule has 1 N–H and O–H groups in total. The molecule has 0 radical (unpaired) electrons. The molecule has 0 saturated carbocycles. The molecule has 0 amide bonds. The van der Waals surface area contributed by atoms with Crippen LogP contribution in [0.5, 0.6) is 0 Å². The lowest BCUT2D eigenvalue weighted by atomic mass is 9.82. The van der Waals surface area contributed by atoms with Gasteiger partial charge in [-0.25, -0.2) is 8.78 Å². The van der Waals surface area contributed by atoms with E-state index in [1.165, 1.54) is 36.4 Å². The van der Waals surface area contributed by atoms with Gasteiger partial charge in [-0.1, -0.05) is 18.2 Å². The Morgan fingerprint density at radius 2 is 1.58 bits per heavy atom. The zero-order chi connectivity index (χ0) is 17.1. The van der Waals surface area contributed by atoms with E-state index in [0.717, 1.165) is 12.8 Å². The van der Waals surface area contributed by atoms with E-state index in [-0.39, 0.29) is 23.3 Å². The summed E-state index contributed by atoms with van der Waals surface area (Å²) >= 11 is 0. The fourth-order valence-electron chi connectivity index (χ4n) is 3.09. The molecule has 24 heavy (non-hydrogen) atoms. The highest BCUT2D eigenvalue weighted by Crippen LogP contribution is 2.34. The third-order valence-electron chi connectivity index (χ3n) is 4.41. The minimum Gasteiger partial charge on any atom is -0.388 e. The number of benzene rings is 2. The number of hydrogen-bond acceptors (Lipinski definition) is 2. The van der Waals surface area contributed by atoms with Gasteiger partial charge in [0, 0.05) is 11.5 Å². The Kier molecular flexibility index (Phi) is 4.86. The molecule has 2 atom stereocenters. The van der Waals surface area contributed by atoms with Gasteiger partial charge < -0.3 is 5.11 Å². The first-order valence-corrected chi connectivity index (χ1v) is 7.99. The summed E-state index contributed by atoms with van der Waals surface area (Å²) in [6.07, 6.45) is 3.23. The number of ketones is 1. The van der Waals surface area contributed by atoms with E-state index < -0.39 is 6.10 Å². The fraction of sp³-hybridized carbons (Fsp3) is 0.250. The zero-order valence-electron chi connectivity index (χ0n) is 13.1. The lowest BCUT2D eigenvalue weighted by Gasteiger charge is -2.25. The lowest BCUT2D eigenvalue weighted by Crippen LogP contribution is -2.17. The highest BCUT2D eigenvalue weighted by Gasteiger charge is 2.25. The third-order valence-corrected chi connectivity index (χ3v) is 4.41. The van der Waals surface area contributed by atoms with Gasteiger partial charge in [-0.05, 0) is 66.8 Å². The second-order valence-corrected chi connectivity index (χ2v) is 6.08. The molecular weight excluding hydrogens is 310 g/mol. The molecule has 124 valence electrons. The Bertz CT molecular complexity index is 748. The van der Waals surface area contributed by atoms with Gasteiger partial charge in [0.05, 0.1) is 6.10 Å². The van der Waals surface area contributed by atoms with Crippen LogP contribution in [0.25, 0.3) is 0 Å². The average Bonchev–Trinajstić information content (AvgIpc) is 2.62. The standard InChI is InChI=1S/C20H18F2O2/c21-17-8-4-13(5-9-17)19(23)15-2-1-3-16(12-15)20(24)14-6-10-18(22)11-7-14/h4-12,15,19,23H,1-3H2. The van der Waals surface area contributed by atoms with Crippen LogP contribution in [0.3, 0.4) is 0 Å². The van der Waals surface area contributed by atoms with Gasteiger partial charge in [0.1, 0.15) is 11.6 Å². The summed E-state index contributed by atoms with van der Waals surface area (Å²) in [5.41, 5.74) is 1.71. The van der Waals surface area contributed by atoms with Gasteiger partial charge in [-0.3, -0.25) is 4.79 Å². The van der Waals surface area contributed by atoms with Crippen molar-refractivity contribution in [3.8, 4) is 0 Å². The van der Waals surface area contributed by atoms with Crippen molar-refractivity contribution in [3.05, 3.63) is 82.9 Å². The number of rotatable bonds is 4. The smallest absolute Gasteiger partial charge is 0.188 e. The Balaban J connectivity index is 1.80. The maximum absolute atomic E-state index is 13.0. The van der Waals surface area contributed by atoms with Crippen LogP contribution in [0.1, 0.15) is 41.3 Å². The maximum atomic E-state index is 13.0. The number of hydrogen-bond donors (Lipinski definition) is 1. The highest BCUT2D eigenvalue weighted by molar-refractivity contribution is 6.08. The van der Waals surface area contributed by atoms with Crippen molar-refractivity contribution in [1.82, 2.24) is 0 Å². The molecule has 1 aliphatic carbocycles. The van der Waals surface area contributed by atoms with Crippen LogP contribution in [-0.4, -0.2) is 10.9 Å². The monoisotopic (exact) mass is 328 g/mol. The van der Waals surface area contributed by atoms with E-state index in [2.05, 4.69) is 0 Å². The van der Waals surface area contributed by atoms with Crippen molar-refractivity contribution < 1.29 is 18.7 Å². The molecule has 0 fully saturated rings. The molecule has 2 aromatic carbocycles. The van der Waals surface area contributed by atoms with Gasteiger partial charge in [-0.15, -0.1) is 0 Å². The summed E-state index contributed by atoms with van der Waals surface area (Å²) in [5, 5.41) is 10.5. The molecule has 2 nitrogen and oxygen atoms in total. The summed E-state index contributed by atoms with van der Waals surface area (Å²) in [6, 6.07) is 11.2. The molecule has 2 unspecified atom stereocenters. The molecule has 0 bridgehead atoms. The number of carbonyl (C=O) groups is 1. The van der Waals surface area contributed by atoms with Crippen molar-refractivity contribution in [2.24, 2.45) is 5.92 Å². The topological polar surface area (TPSA) is 37.3 Å². The normalized spacial score (nSPS) is 18.8. The van der Waals surface area contributed by atoms with Gasteiger partial charge in [-0.2, -0.15) is 0 Å². The number of allylic oxidation sites excluding steroid dienone is 1. The van der Waals surface area contributed by atoms with E-state index in [0.29, 0.717) is 23.1 Å². The Morgan fingerprint density at radius 3 is 2.21 bits per heavy atom. The minimum atomic E-state index is -0.776. The van der Waals surface area contributed by atoms with Crippen LogP contribution >= 0.6 is 0 Å². The number of Topliss-reactive ketones (excluding diaryl/α,β-unsaturated/α-hetero) is 1. The third kappa shape index (κ3) is 3.60. The first kappa shape index (κ1) is 16.5. The molecule has 1 aliphatic rings. The summed E-state index contributed by atoms with van der Waals surface area (Å²) < 4.78 is 26.0. The molecule has 0 saturated heterocycles. The molecular formula is C20H18F2O2. The quantitative estimate of drug-likeness (QED) is 0.832. The number of aliphatic hydroxyl groups excluding tert-OH is 1. The summed E-state index contributed by atoms with van der Waals surface area (Å²) in [7, 11) is 0. The molecule has 0 heterocycles. The highest BCUT2D eigenvalue weighted by atomic mass is 19.1. The Labute approximate surface area is 139 Å². The Hall–Kier alpha value is -2.33. The molecule has 0 aromatic heterocycles. The molecule has 3 rings (SSSR count). The van der Waals surface area contributed by atoms with Crippen molar-refractivity contribution in [2.45, 2.75) is 25.4 Å². The number of halogens is 2. The van der Waals surface area contributed by atoms with Crippen LogP contribution in [0, 0.1) is 17.6 Å². The molecule has 0 spiro atoms. The second kappa shape index (κ2) is 7.05. The van der Waals surface area contributed by atoms with Crippen LogP contribution in [0.2, 0.25) is 0 Å². The fourth-order valence-corrected chi connectivity index (χ4v) is 3.09. The molecule has 2 aromatic rings. The first-order chi connectivity index (χ1) is 11.5. The van der Waals surface area contributed by atoms with Gasteiger partial charge >= 0.3 is 0 Å². The second-order valence-electron chi connectivity index (χ2n) is 6.08. The zero-order valence-corrected chi connectivity index (χ0v) is 13.1. The minimum absolute atomic E-state index is 0.133. The van der Waals surface area contributed by atoms with Crippen molar-refractivity contribution in [2.75, 3.05) is 0 Å². The van der Waals surface area contributed by atoms with Crippen molar-refractivity contribution in [1.29, 1.82) is 0 Å². The maximum Gasteiger partial charge on any atom is 0.188 e. The summed E-state index contributed by atoms with van der Waals surface area (Å²) in [6.45, 7) is 0. The predicted molar refractivity (Wildman–Crippen MR) is 87.5 cm³/mol. The van der Waals surface area contributed by atoms with E-state index in [1.807, 2.05) is 6.08 Å². The van der Waals surface area contributed by atoms with Gasteiger partial charge in [0.25, 0.3) is 0 Å². The van der Waals surface area contributed by atoms with Gasteiger partial charge in [0.2, 0.25) is 0 Å². The largest absolute Gasteiger partial charge is 0.388 e. The van der Waals surface area contributed by atoms with Crippen LogP contribution in [0.15, 0.2) is 60.2 Å². The van der Waals surface area contributed by atoms with E-state index in [4.69, 9.17) is 0 Å².